The Morgan fingerprint density at radius 3 is 2.57 bits per heavy atom. The van der Waals surface area contributed by atoms with E-state index in [4.69, 9.17) is 10.8 Å². The van der Waals surface area contributed by atoms with E-state index in [-0.39, 0.29) is 6.42 Å². The molecular weight excluding hydrogens is 202 g/mol. The highest BCUT2D eigenvalue weighted by Crippen LogP contribution is 2.22. The molecule has 3 N–H and O–H groups in total. The highest BCUT2D eigenvalue weighted by Gasteiger charge is 2.08. The molecule has 4 nitrogen and oxygen atoms in total. The summed E-state index contributed by atoms with van der Waals surface area (Å²) >= 11 is 0.843. The summed E-state index contributed by atoms with van der Waals surface area (Å²) in [5.41, 5.74) is 5.60. The summed E-state index contributed by atoms with van der Waals surface area (Å²) in [5.74, 6) is -0.928. The van der Waals surface area contributed by atoms with Crippen LogP contribution in [0.25, 0.3) is 0 Å². The van der Waals surface area contributed by atoms with Gasteiger partial charge < -0.3 is 10.8 Å². The zero-order valence-corrected chi connectivity index (χ0v) is 8.08. The van der Waals surface area contributed by atoms with Crippen LogP contribution in [0, 0.1) is 0 Å². The van der Waals surface area contributed by atoms with Crippen molar-refractivity contribution in [3.8, 4) is 0 Å². The molecule has 0 aromatic heterocycles. The average molecular weight is 211 g/mol. The molecule has 0 fully saturated rings. The van der Waals surface area contributed by atoms with Gasteiger partial charge in [-0.15, -0.1) is 0 Å². The number of benzene rings is 1. The number of amides is 1. The quantitative estimate of drug-likeness (QED) is 0.742. The molecule has 0 bridgehead atoms. The van der Waals surface area contributed by atoms with Gasteiger partial charge in [-0.3, -0.25) is 9.59 Å². The Bertz CT molecular complexity index is 330. The smallest absolute Gasteiger partial charge is 0.307 e. The number of carboxylic acid groups (broad SMARTS) is 1. The topological polar surface area (TPSA) is 80.4 Å². The van der Waals surface area contributed by atoms with Crippen molar-refractivity contribution < 1.29 is 14.7 Å². The van der Waals surface area contributed by atoms with Crippen LogP contribution in [0.3, 0.4) is 0 Å². The minimum atomic E-state index is -0.928. The van der Waals surface area contributed by atoms with E-state index in [1.807, 2.05) is 0 Å². The minimum absolute atomic E-state index is 0.101. The number of primary amides is 1. The Kier molecular flexibility index (Phi) is 3.53. The molecule has 1 rings (SSSR count). The number of hydrogen-bond acceptors (Lipinski definition) is 3. The van der Waals surface area contributed by atoms with Gasteiger partial charge in [-0.2, -0.15) is 0 Å². The molecule has 0 heterocycles. The molecule has 0 aliphatic carbocycles. The summed E-state index contributed by atoms with van der Waals surface area (Å²) in [7, 11) is 0. The summed E-state index contributed by atoms with van der Waals surface area (Å²) in [5, 5.41) is 8.06. The molecule has 5 heteroatoms. The summed E-state index contributed by atoms with van der Waals surface area (Å²) in [6.45, 7) is 0. The molecule has 0 unspecified atom stereocenters. The first-order valence-electron chi connectivity index (χ1n) is 3.86. The Balaban J connectivity index is 2.90. The normalized spacial score (nSPS) is 9.71. The van der Waals surface area contributed by atoms with Crippen LogP contribution < -0.4 is 5.73 Å². The lowest BCUT2D eigenvalue weighted by atomic mass is 10.1. The predicted molar refractivity (Wildman–Crippen MR) is 53.2 cm³/mol. The predicted octanol–water partition coefficient (Wildman–Crippen LogP) is 1.48. The number of nitrogens with two attached hydrogens (primary N) is 1. The van der Waals surface area contributed by atoms with E-state index in [2.05, 4.69) is 0 Å². The second-order valence-electron chi connectivity index (χ2n) is 2.60. The Morgan fingerprint density at radius 1 is 1.36 bits per heavy atom. The van der Waals surface area contributed by atoms with Crippen molar-refractivity contribution in [3.63, 3.8) is 0 Å². The number of hydrogen-bond donors (Lipinski definition) is 2. The molecular formula is C9H9NO3S. The van der Waals surface area contributed by atoms with Crippen molar-refractivity contribution in [2.45, 2.75) is 11.3 Å². The van der Waals surface area contributed by atoms with Crippen LogP contribution in [-0.2, 0) is 11.2 Å². The van der Waals surface area contributed by atoms with Crippen LogP contribution in [0.5, 0.6) is 0 Å². The molecule has 74 valence electrons. The van der Waals surface area contributed by atoms with E-state index < -0.39 is 11.2 Å². The van der Waals surface area contributed by atoms with E-state index in [1.54, 1.807) is 24.3 Å². The SMILES string of the molecule is NC(=O)Sc1ccccc1CC(=O)O. The molecule has 0 radical (unpaired) electrons. The highest BCUT2D eigenvalue weighted by atomic mass is 32.2. The van der Waals surface area contributed by atoms with Crippen LogP contribution >= 0.6 is 11.8 Å². The number of rotatable bonds is 3. The van der Waals surface area contributed by atoms with Crippen LogP contribution in [0.2, 0.25) is 0 Å². The Hall–Kier alpha value is -1.49. The van der Waals surface area contributed by atoms with Gasteiger partial charge in [0.15, 0.2) is 0 Å². The van der Waals surface area contributed by atoms with Gasteiger partial charge in [-0.05, 0) is 23.4 Å². The van der Waals surface area contributed by atoms with Crippen molar-refractivity contribution in [1.82, 2.24) is 0 Å². The van der Waals surface area contributed by atoms with Gasteiger partial charge >= 0.3 is 5.97 Å². The lowest BCUT2D eigenvalue weighted by molar-refractivity contribution is -0.136. The first-order valence-corrected chi connectivity index (χ1v) is 4.68. The van der Waals surface area contributed by atoms with Gasteiger partial charge in [0.05, 0.1) is 6.42 Å². The van der Waals surface area contributed by atoms with E-state index in [1.165, 1.54) is 0 Å². The van der Waals surface area contributed by atoms with Crippen LogP contribution in [0.4, 0.5) is 4.79 Å². The second-order valence-corrected chi connectivity index (χ2v) is 3.65. The number of carbonyl (C=O) groups is 2. The van der Waals surface area contributed by atoms with Crippen LogP contribution in [0.1, 0.15) is 5.56 Å². The number of carbonyl (C=O) groups excluding carboxylic acids is 1. The summed E-state index contributed by atoms with van der Waals surface area (Å²) in [6.07, 6.45) is -0.101. The zero-order valence-electron chi connectivity index (χ0n) is 7.27. The molecule has 0 saturated heterocycles. The fourth-order valence-electron chi connectivity index (χ4n) is 1.02. The molecule has 1 aromatic carbocycles. The fraction of sp³-hybridized carbons (Fsp3) is 0.111. The zero-order chi connectivity index (χ0) is 10.6. The third kappa shape index (κ3) is 3.10. The van der Waals surface area contributed by atoms with Gasteiger partial charge in [-0.1, -0.05) is 18.2 Å². The van der Waals surface area contributed by atoms with Crippen LogP contribution in [0.15, 0.2) is 29.2 Å². The summed E-state index contributed by atoms with van der Waals surface area (Å²) in [4.78, 5) is 21.7. The molecule has 0 spiro atoms. The summed E-state index contributed by atoms with van der Waals surface area (Å²) < 4.78 is 0. The maximum Gasteiger partial charge on any atom is 0.307 e. The monoisotopic (exact) mass is 211 g/mol. The number of carboxylic acids is 1. The van der Waals surface area contributed by atoms with Crippen molar-refractivity contribution >= 4 is 23.0 Å². The average Bonchev–Trinajstić information content (AvgIpc) is 2.06. The van der Waals surface area contributed by atoms with E-state index in [0.717, 1.165) is 11.8 Å². The van der Waals surface area contributed by atoms with Crippen molar-refractivity contribution in [3.05, 3.63) is 29.8 Å². The standard InChI is InChI=1S/C9H9NO3S/c10-9(13)14-7-4-2-1-3-6(7)5-8(11)12/h1-4H,5H2,(H2,10,13)(H,11,12). The van der Waals surface area contributed by atoms with Crippen LogP contribution in [-0.4, -0.2) is 16.3 Å². The van der Waals surface area contributed by atoms with Gasteiger partial charge in [0.1, 0.15) is 0 Å². The van der Waals surface area contributed by atoms with E-state index in [9.17, 15) is 9.59 Å². The fourth-order valence-corrected chi connectivity index (χ4v) is 1.66. The largest absolute Gasteiger partial charge is 0.481 e. The van der Waals surface area contributed by atoms with Gasteiger partial charge in [0, 0.05) is 4.90 Å². The van der Waals surface area contributed by atoms with E-state index in [0.29, 0.717) is 10.5 Å². The Morgan fingerprint density at radius 2 is 2.00 bits per heavy atom. The van der Waals surface area contributed by atoms with Crippen molar-refractivity contribution in [1.29, 1.82) is 0 Å². The maximum absolute atomic E-state index is 10.6. The molecule has 0 aliphatic rings. The molecule has 0 atom stereocenters. The van der Waals surface area contributed by atoms with Gasteiger partial charge in [0.25, 0.3) is 5.24 Å². The number of aliphatic carboxylic acids is 1. The maximum atomic E-state index is 10.6. The lowest BCUT2D eigenvalue weighted by Crippen LogP contribution is -2.05. The van der Waals surface area contributed by atoms with Crippen molar-refractivity contribution in [2.75, 3.05) is 0 Å². The Labute approximate surface area is 85.1 Å². The molecule has 0 aliphatic heterocycles. The lowest BCUT2D eigenvalue weighted by Gasteiger charge is -2.03. The molecule has 0 saturated carbocycles. The van der Waals surface area contributed by atoms with Crippen molar-refractivity contribution in [2.24, 2.45) is 5.73 Å². The third-order valence-corrected chi connectivity index (χ3v) is 2.34. The molecule has 14 heavy (non-hydrogen) atoms. The van der Waals surface area contributed by atoms with Gasteiger partial charge in [0.2, 0.25) is 0 Å². The minimum Gasteiger partial charge on any atom is -0.481 e. The summed E-state index contributed by atoms with van der Waals surface area (Å²) in [6, 6.07) is 6.80. The molecule has 1 amide bonds. The number of thioether (sulfide) groups is 1. The third-order valence-electron chi connectivity index (χ3n) is 1.52. The first kappa shape index (κ1) is 10.6. The van der Waals surface area contributed by atoms with Gasteiger partial charge in [-0.25, -0.2) is 0 Å². The van der Waals surface area contributed by atoms with E-state index >= 15 is 0 Å². The first-order chi connectivity index (χ1) is 6.59. The second kappa shape index (κ2) is 4.66. The molecule has 1 aromatic rings. The highest BCUT2D eigenvalue weighted by molar-refractivity contribution is 8.13.